The smallest absolute Gasteiger partial charge is 0.107 e. The fourth-order valence-electron chi connectivity index (χ4n) is 2.88. The summed E-state index contributed by atoms with van der Waals surface area (Å²) in [5, 5.41) is 6.89. The zero-order valence-electron chi connectivity index (χ0n) is 12.1. The summed E-state index contributed by atoms with van der Waals surface area (Å²) >= 11 is 1.77. The van der Waals surface area contributed by atoms with Crippen LogP contribution in [0.2, 0.25) is 0 Å². The first kappa shape index (κ1) is 13.7. The molecule has 1 fully saturated rings. The Bertz CT molecular complexity index is 566. The molecule has 4 heteroatoms. The van der Waals surface area contributed by atoms with E-state index in [1.165, 1.54) is 10.6 Å². The molecule has 0 radical (unpaired) electrons. The zero-order chi connectivity index (χ0) is 14.0. The van der Waals surface area contributed by atoms with Crippen LogP contribution < -0.4 is 5.32 Å². The van der Waals surface area contributed by atoms with Crippen LogP contribution in [0.1, 0.15) is 23.2 Å². The van der Waals surface area contributed by atoms with E-state index >= 15 is 0 Å². The maximum atomic E-state index is 4.62. The number of hydrogen-bond acceptors (Lipinski definition) is 4. The number of rotatable bonds is 3. The van der Waals surface area contributed by atoms with Crippen LogP contribution in [0, 0.1) is 6.92 Å². The van der Waals surface area contributed by atoms with Gasteiger partial charge < -0.3 is 5.32 Å². The van der Waals surface area contributed by atoms with E-state index in [4.69, 9.17) is 0 Å². The molecule has 1 aliphatic heterocycles. The third-order valence-electron chi connectivity index (χ3n) is 4.11. The summed E-state index contributed by atoms with van der Waals surface area (Å²) in [6.45, 7) is 8.42. The van der Waals surface area contributed by atoms with Crippen LogP contribution in [-0.2, 0) is 12.1 Å². The highest BCUT2D eigenvalue weighted by atomic mass is 32.1. The predicted molar refractivity (Wildman–Crippen MR) is 83.9 cm³/mol. The highest BCUT2D eigenvalue weighted by Crippen LogP contribution is 2.31. The van der Waals surface area contributed by atoms with Gasteiger partial charge in [-0.2, -0.15) is 0 Å². The van der Waals surface area contributed by atoms with Crippen molar-refractivity contribution in [2.45, 2.75) is 25.9 Å². The molecule has 1 N–H and O–H groups in total. The number of nitrogens with zero attached hydrogens (tertiary/aromatic N) is 2. The molecular formula is C16H21N3S. The van der Waals surface area contributed by atoms with Gasteiger partial charge >= 0.3 is 0 Å². The summed E-state index contributed by atoms with van der Waals surface area (Å²) < 4.78 is 0. The topological polar surface area (TPSA) is 28.2 Å². The fraction of sp³-hybridized carbons (Fsp3) is 0.438. The van der Waals surface area contributed by atoms with Gasteiger partial charge in [0.2, 0.25) is 0 Å². The first-order chi connectivity index (χ1) is 9.68. The molecule has 0 bridgehead atoms. The second-order valence-electron chi connectivity index (χ2n) is 5.62. The van der Waals surface area contributed by atoms with Crippen molar-refractivity contribution in [3.8, 4) is 0 Å². The molecule has 1 unspecified atom stereocenters. The maximum Gasteiger partial charge on any atom is 0.107 e. The van der Waals surface area contributed by atoms with Crippen molar-refractivity contribution in [3.63, 3.8) is 0 Å². The number of aromatic nitrogens is 1. The molecule has 3 nitrogen and oxygen atoms in total. The van der Waals surface area contributed by atoms with Gasteiger partial charge in [-0.3, -0.25) is 4.90 Å². The summed E-state index contributed by atoms with van der Waals surface area (Å²) in [5.74, 6) is 0. The minimum absolute atomic E-state index is 0.0408. The number of benzene rings is 1. The van der Waals surface area contributed by atoms with Gasteiger partial charge in [-0.15, -0.1) is 11.3 Å². The van der Waals surface area contributed by atoms with Crippen molar-refractivity contribution < 1.29 is 0 Å². The SMILES string of the molecule is Cc1csc(CN2CCNCC2(C)c2ccccc2)n1. The van der Waals surface area contributed by atoms with E-state index < -0.39 is 0 Å². The van der Waals surface area contributed by atoms with Crippen molar-refractivity contribution in [3.05, 3.63) is 52.0 Å². The van der Waals surface area contributed by atoms with E-state index in [-0.39, 0.29) is 5.54 Å². The minimum Gasteiger partial charge on any atom is -0.313 e. The highest BCUT2D eigenvalue weighted by molar-refractivity contribution is 7.09. The zero-order valence-corrected chi connectivity index (χ0v) is 12.9. The Balaban J connectivity index is 1.87. The molecule has 2 heterocycles. The number of nitrogens with one attached hydrogen (secondary N) is 1. The molecule has 0 spiro atoms. The molecule has 0 saturated carbocycles. The molecule has 1 aliphatic rings. The van der Waals surface area contributed by atoms with E-state index in [0.29, 0.717) is 0 Å². The van der Waals surface area contributed by atoms with E-state index in [1.807, 2.05) is 0 Å². The Hall–Kier alpha value is -1.23. The van der Waals surface area contributed by atoms with Crippen molar-refractivity contribution in [2.24, 2.45) is 0 Å². The van der Waals surface area contributed by atoms with Crippen molar-refractivity contribution in [1.82, 2.24) is 15.2 Å². The second kappa shape index (κ2) is 5.64. The van der Waals surface area contributed by atoms with Crippen LogP contribution in [0.15, 0.2) is 35.7 Å². The van der Waals surface area contributed by atoms with Crippen LogP contribution in [0.3, 0.4) is 0 Å². The van der Waals surface area contributed by atoms with Crippen LogP contribution in [-0.4, -0.2) is 29.5 Å². The Morgan fingerprint density at radius 3 is 2.85 bits per heavy atom. The predicted octanol–water partition coefficient (Wildman–Crippen LogP) is 2.77. The highest BCUT2D eigenvalue weighted by Gasteiger charge is 2.36. The lowest BCUT2D eigenvalue weighted by atomic mass is 9.88. The molecule has 1 atom stereocenters. The summed E-state index contributed by atoms with van der Waals surface area (Å²) in [6.07, 6.45) is 0. The molecule has 20 heavy (non-hydrogen) atoms. The first-order valence-corrected chi connectivity index (χ1v) is 7.99. The maximum absolute atomic E-state index is 4.62. The number of thiazole rings is 1. The molecule has 3 rings (SSSR count). The van der Waals surface area contributed by atoms with E-state index in [0.717, 1.165) is 31.9 Å². The molecule has 106 valence electrons. The Kier molecular flexibility index (Phi) is 3.87. The van der Waals surface area contributed by atoms with Gasteiger partial charge in [0.1, 0.15) is 5.01 Å². The van der Waals surface area contributed by atoms with E-state index in [9.17, 15) is 0 Å². The third-order valence-corrected chi connectivity index (χ3v) is 5.07. The Labute approximate surface area is 124 Å². The lowest BCUT2D eigenvalue weighted by Gasteiger charge is -2.45. The molecule has 1 aromatic heterocycles. The van der Waals surface area contributed by atoms with Crippen molar-refractivity contribution >= 4 is 11.3 Å². The lowest BCUT2D eigenvalue weighted by molar-refractivity contribution is 0.0649. The second-order valence-corrected chi connectivity index (χ2v) is 6.56. The molecular weight excluding hydrogens is 266 g/mol. The molecule has 0 aliphatic carbocycles. The molecule has 1 aromatic carbocycles. The summed E-state index contributed by atoms with van der Waals surface area (Å²) in [6, 6.07) is 10.8. The summed E-state index contributed by atoms with van der Waals surface area (Å²) in [7, 11) is 0. The van der Waals surface area contributed by atoms with Gasteiger partial charge in [-0.05, 0) is 19.4 Å². The van der Waals surface area contributed by atoms with Crippen LogP contribution in [0.25, 0.3) is 0 Å². The fourth-order valence-corrected chi connectivity index (χ4v) is 3.66. The largest absolute Gasteiger partial charge is 0.313 e. The van der Waals surface area contributed by atoms with E-state index in [2.05, 4.69) is 64.8 Å². The standard InChI is InChI=1S/C16H21N3S/c1-13-11-20-15(18-13)10-19-9-8-17-12-16(19,2)14-6-4-3-5-7-14/h3-7,11,17H,8-10,12H2,1-2H3. The minimum atomic E-state index is 0.0408. The van der Waals surface area contributed by atoms with Crippen LogP contribution in [0.4, 0.5) is 0 Å². The summed E-state index contributed by atoms with van der Waals surface area (Å²) in [5.41, 5.74) is 2.54. The quantitative estimate of drug-likeness (QED) is 0.941. The Morgan fingerprint density at radius 2 is 2.15 bits per heavy atom. The monoisotopic (exact) mass is 287 g/mol. The van der Waals surface area contributed by atoms with Crippen molar-refractivity contribution in [2.75, 3.05) is 19.6 Å². The first-order valence-electron chi connectivity index (χ1n) is 7.11. The number of hydrogen-bond donors (Lipinski definition) is 1. The van der Waals surface area contributed by atoms with Crippen LogP contribution in [0.5, 0.6) is 0 Å². The average Bonchev–Trinajstić information content (AvgIpc) is 2.88. The van der Waals surface area contributed by atoms with Gasteiger partial charge in [-0.25, -0.2) is 4.98 Å². The molecule has 2 aromatic rings. The molecule has 1 saturated heterocycles. The summed E-state index contributed by atoms with van der Waals surface area (Å²) in [4.78, 5) is 7.17. The third kappa shape index (κ3) is 2.64. The van der Waals surface area contributed by atoms with Gasteiger partial charge in [0.25, 0.3) is 0 Å². The van der Waals surface area contributed by atoms with E-state index in [1.54, 1.807) is 11.3 Å². The van der Waals surface area contributed by atoms with Gasteiger partial charge in [-0.1, -0.05) is 30.3 Å². The van der Waals surface area contributed by atoms with Gasteiger partial charge in [0, 0.05) is 30.7 Å². The van der Waals surface area contributed by atoms with Gasteiger partial charge in [0.05, 0.1) is 12.1 Å². The Morgan fingerprint density at radius 1 is 1.35 bits per heavy atom. The normalized spacial score (nSPS) is 23.9. The lowest BCUT2D eigenvalue weighted by Crippen LogP contribution is -2.56. The number of piperazine rings is 1. The molecule has 0 amide bonds. The van der Waals surface area contributed by atoms with Crippen molar-refractivity contribution in [1.29, 1.82) is 0 Å². The number of aryl methyl sites for hydroxylation is 1. The average molecular weight is 287 g/mol. The van der Waals surface area contributed by atoms with Gasteiger partial charge in [0.15, 0.2) is 0 Å². The van der Waals surface area contributed by atoms with Crippen LogP contribution >= 0.6 is 11.3 Å².